The fraction of sp³-hybridized carbons (Fsp3) is 0.500. The van der Waals surface area contributed by atoms with E-state index in [1.54, 1.807) is 0 Å². The van der Waals surface area contributed by atoms with Crippen molar-refractivity contribution < 1.29 is 48.3 Å². The van der Waals surface area contributed by atoms with Gasteiger partial charge in [-0.15, -0.1) is 0 Å². The highest BCUT2D eigenvalue weighted by Gasteiger charge is 2.31. The fourth-order valence-electron chi connectivity index (χ4n) is 0.771. The Bertz CT molecular complexity index is 376. The molecule has 10 nitrogen and oxygen atoms in total. The van der Waals surface area contributed by atoms with Crippen molar-refractivity contribution in [2.45, 2.75) is 12.2 Å². The molecule has 0 aliphatic carbocycles. The van der Waals surface area contributed by atoms with Crippen LogP contribution in [0.15, 0.2) is 12.2 Å². The van der Waals surface area contributed by atoms with Crippen LogP contribution in [0.4, 0.5) is 0 Å². The molecular formula is C12H18O10. The zero-order chi connectivity index (χ0) is 17.7. The van der Waals surface area contributed by atoms with E-state index in [1.807, 2.05) is 0 Å². The van der Waals surface area contributed by atoms with E-state index in [-0.39, 0.29) is 0 Å². The third kappa shape index (κ3) is 9.44. The van der Waals surface area contributed by atoms with Crippen molar-refractivity contribution in [1.82, 2.24) is 0 Å². The smallest absolute Gasteiger partial charge is 0.338 e. The second-order valence-electron chi connectivity index (χ2n) is 3.32. The Labute approximate surface area is 126 Å². The van der Waals surface area contributed by atoms with Crippen LogP contribution in [0, 0.1) is 0 Å². The normalized spacial score (nSPS) is 12.3. The highest BCUT2D eigenvalue weighted by atomic mass is 16.6. The number of carbonyl (C=O) groups is 4. The Balaban J connectivity index is 0. The number of aliphatic hydroxyl groups is 2. The number of rotatable bonds is 5. The summed E-state index contributed by atoms with van der Waals surface area (Å²) in [5.74, 6) is -3.34. The number of ether oxygens (including phenoxy) is 4. The molecule has 0 saturated carbocycles. The number of hydrogen-bond donors (Lipinski definition) is 2. The van der Waals surface area contributed by atoms with Gasteiger partial charge >= 0.3 is 23.9 Å². The van der Waals surface area contributed by atoms with Crippen LogP contribution >= 0.6 is 0 Å². The molecule has 0 bridgehead atoms. The van der Waals surface area contributed by atoms with Gasteiger partial charge in [-0.1, -0.05) is 0 Å². The molecular weight excluding hydrogens is 304 g/mol. The summed E-state index contributed by atoms with van der Waals surface area (Å²) in [6.45, 7) is 0. The summed E-state index contributed by atoms with van der Waals surface area (Å²) in [6.07, 6.45) is -1.82. The van der Waals surface area contributed by atoms with Gasteiger partial charge in [-0.2, -0.15) is 0 Å². The molecule has 22 heavy (non-hydrogen) atoms. The monoisotopic (exact) mass is 322 g/mol. The summed E-state index contributed by atoms with van der Waals surface area (Å²) in [6, 6.07) is 0. The van der Waals surface area contributed by atoms with Gasteiger partial charge in [0, 0.05) is 12.2 Å². The summed E-state index contributed by atoms with van der Waals surface area (Å²) in [4.78, 5) is 41.7. The molecule has 0 aliphatic rings. The molecule has 10 heteroatoms. The molecule has 126 valence electrons. The molecule has 0 amide bonds. The third-order valence-corrected chi connectivity index (χ3v) is 1.94. The average molecular weight is 322 g/mol. The van der Waals surface area contributed by atoms with E-state index in [9.17, 15) is 19.2 Å². The van der Waals surface area contributed by atoms with Gasteiger partial charge in [0.15, 0.2) is 12.2 Å². The van der Waals surface area contributed by atoms with Gasteiger partial charge < -0.3 is 29.2 Å². The van der Waals surface area contributed by atoms with E-state index in [0.29, 0.717) is 0 Å². The first kappa shape index (κ1) is 21.8. The van der Waals surface area contributed by atoms with Gasteiger partial charge in [0.25, 0.3) is 0 Å². The van der Waals surface area contributed by atoms with Crippen LogP contribution in [0.1, 0.15) is 0 Å². The van der Waals surface area contributed by atoms with Crippen molar-refractivity contribution in [2.24, 2.45) is 0 Å². The maximum absolute atomic E-state index is 10.5. The van der Waals surface area contributed by atoms with Crippen LogP contribution in [0.25, 0.3) is 0 Å². The largest absolute Gasteiger partial charge is 0.467 e. The summed E-state index contributed by atoms with van der Waals surface area (Å²) in [5, 5.41) is 17.7. The average Bonchev–Trinajstić information content (AvgIpc) is 2.56. The van der Waals surface area contributed by atoms with Crippen LogP contribution in [0.2, 0.25) is 0 Å². The Morgan fingerprint density at radius 3 is 1.14 bits per heavy atom. The molecule has 0 radical (unpaired) electrons. The minimum Gasteiger partial charge on any atom is -0.467 e. The highest BCUT2D eigenvalue weighted by molar-refractivity contribution is 5.91. The number of esters is 4. The van der Waals surface area contributed by atoms with E-state index in [1.165, 1.54) is 14.2 Å². The lowest BCUT2D eigenvalue weighted by molar-refractivity contribution is -0.169. The summed E-state index contributed by atoms with van der Waals surface area (Å²) < 4.78 is 16.6. The molecule has 0 aromatic carbocycles. The highest BCUT2D eigenvalue weighted by Crippen LogP contribution is 1.97. The molecule has 0 aromatic heterocycles. The Kier molecular flexibility index (Phi) is 12.2. The van der Waals surface area contributed by atoms with Gasteiger partial charge in [-0.05, 0) is 0 Å². The summed E-state index contributed by atoms with van der Waals surface area (Å²) in [7, 11) is 4.50. The first-order chi connectivity index (χ1) is 10.2. The van der Waals surface area contributed by atoms with Crippen LogP contribution in [-0.2, 0) is 38.1 Å². The summed E-state index contributed by atoms with van der Waals surface area (Å²) in [5.41, 5.74) is 0. The predicted molar refractivity (Wildman–Crippen MR) is 69.2 cm³/mol. The van der Waals surface area contributed by atoms with E-state index in [0.717, 1.165) is 26.4 Å². The zero-order valence-electron chi connectivity index (χ0n) is 12.5. The molecule has 2 unspecified atom stereocenters. The quantitative estimate of drug-likeness (QED) is 0.329. The lowest BCUT2D eigenvalue weighted by Gasteiger charge is -2.12. The third-order valence-electron chi connectivity index (χ3n) is 1.94. The van der Waals surface area contributed by atoms with Gasteiger partial charge in [-0.3, -0.25) is 0 Å². The van der Waals surface area contributed by atoms with Crippen LogP contribution < -0.4 is 0 Å². The van der Waals surface area contributed by atoms with E-state index >= 15 is 0 Å². The standard InChI is InChI=1S/C6H10O6.C6H8O4/c1-11-5(9)3(7)4(8)6(10)12-2;1-9-5(7)3-4-6(8)10-2/h3-4,7-8H,1-2H3;3-4H,1-2H3/b;4-3-. The Morgan fingerprint density at radius 2 is 0.955 bits per heavy atom. The van der Waals surface area contributed by atoms with E-state index < -0.39 is 36.1 Å². The first-order valence-corrected chi connectivity index (χ1v) is 5.60. The minimum absolute atomic E-state index is 0.578. The number of methoxy groups -OCH3 is 4. The second-order valence-corrected chi connectivity index (χ2v) is 3.32. The fourth-order valence-corrected chi connectivity index (χ4v) is 0.771. The zero-order valence-corrected chi connectivity index (χ0v) is 12.5. The second kappa shape index (κ2) is 12.3. The van der Waals surface area contributed by atoms with Gasteiger partial charge in [0.05, 0.1) is 28.4 Å². The lowest BCUT2D eigenvalue weighted by atomic mass is 10.2. The van der Waals surface area contributed by atoms with Crippen molar-refractivity contribution in [1.29, 1.82) is 0 Å². The van der Waals surface area contributed by atoms with Crippen molar-refractivity contribution in [3.05, 3.63) is 12.2 Å². The molecule has 2 atom stereocenters. The Hall–Kier alpha value is -2.46. The maximum Gasteiger partial charge on any atom is 0.338 e. The molecule has 2 N–H and O–H groups in total. The van der Waals surface area contributed by atoms with Crippen LogP contribution in [-0.4, -0.2) is 74.7 Å². The molecule has 0 rings (SSSR count). The maximum atomic E-state index is 10.5. The molecule has 0 fully saturated rings. The Morgan fingerprint density at radius 1 is 0.682 bits per heavy atom. The first-order valence-electron chi connectivity index (χ1n) is 5.60. The molecule has 0 heterocycles. The number of aliphatic hydroxyl groups excluding tert-OH is 2. The van der Waals surface area contributed by atoms with Gasteiger partial charge in [0.2, 0.25) is 0 Å². The van der Waals surface area contributed by atoms with Crippen molar-refractivity contribution >= 4 is 23.9 Å². The number of carbonyl (C=O) groups excluding carboxylic acids is 4. The van der Waals surface area contributed by atoms with Crippen LogP contribution in [0.5, 0.6) is 0 Å². The SMILES string of the molecule is COC(=O)/C=C\C(=O)OC.COC(=O)C(O)C(O)C(=O)OC. The van der Waals surface area contributed by atoms with Crippen molar-refractivity contribution in [3.8, 4) is 0 Å². The van der Waals surface area contributed by atoms with Crippen molar-refractivity contribution in [2.75, 3.05) is 28.4 Å². The van der Waals surface area contributed by atoms with Crippen molar-refractivity contribution in [3.63, 3.8) is 0 Å². The molecule has 0 aromatic rings. The van der Waals surface area contributed by atoms with Gasteiger partial charge in [0.1, 0.15) is 0 Å². The van der Waals surface area contributed by atoms with E-state index in [2.05, 4.69) is 18.9 Å². The lowest BCUT2D eigenvalue weighted by Crippen LogP contribution is -2.40. The summed E-state index contributed by atoms with van der Waals surface area (Å²) >= 11 is 0. The number of hydrogen-bond acceptors (Lipinski definition) is 10. The topological polar surface area (TPSA) is 146 Å². The minimum atomic E-state index is -1.90. The molecule has 0 spiro atoms. The van der Waals surface area contributed by atoms with Crippen LogP contribution in [0.3, 0.4) is 0 Å². The van der Waals surface area contributed by atoms with E-state index in [4.69, 9.17) is 10.2 Å². The van der Waals surface area contributed by atoms with Gasteiger partial charge in [-0.25, -0.2) is 19.2 Å². The molecule has 0 saturated heterocycles. The predicted octanol–water partition coefficient (Wildman–Crippen LogP) is -2.06. The molecule has 0 aliphatic heterocycles.